The zero-order valence-corrected chi connectivity index (χ0v) is 11.8. The molecule has 2 aliphatic rings. The van der Waals surface area contributed by atoms with Gasteiger partial charge in [0.2, 0.25) is 0 Å². The summed E-state index contributed by atoms with van der Waals surface area (Å²) in [6, 6.07) is 4.89. The molecule has 0 aromatic heterocycles. The van der Waals surface area contributed by atoms with Gasteiger partial charge in [0.15, 0.2) is 0 Å². The standard InChI is InChI=1S/C14H17BrFNO/c15-12-5-10(6-13(16)7-12)8-14(18)2-4-17-3-1-11(14)9-17/h5-7,11,18H,1-4,8-9H2. The molecule has 2 heterocycles. The van der Waals surface area contributed by atoms with E-state index in [0.717, 1.165) is 42.5 Å². The Bertz CT molecular complexity index is 447. The molecule has 1 aromatic rings. The van der Waals surface area contributed by atoms with E-state index in [1.165, 1.54) is 12.1 Å². The molecule has 0 spiro atoms. The van der Waals surface area contributed by atoms with Gasteiger partial charge in [-0.05, 0) is 43.1 Å². The number of rotatable bonds is 2. The fraction of sp³-hybridized carbons (Fsp3) is 0.571. The molecular weight excluding hydrogens is 297 g/mol. The van der Waals surface area contributed by atoms with E-state index in [-0.39, 0.29) is 5.82 Å². The average Bonchev–Trinajstić information content (AvgIpc) is 2.68. The maximum absolute atomic E-state index is 13.4. The van der Waals surface area contributed by atoms with E-state index in [1.807, 2.05) is 6.07 Å². The molecule has 98 valence electrons. The van der Waals surface area contributed by atoms with Crippen molar-refractivity contribution in [2.75, 3.05) is 19.6 Å². The highest BCUT2D eigenvalue weighted by Crippen LogP contribution is 2.38. The van der Waals surface area contributed by atoms with Crippen molar-refractivity contribution in [2.45, 2.75) is 24.9 Å². The van der Waals surface area contributed by atoms with Crippen molar-refractivity contribution in [3.63, 3.8) is 0 Å². The van der Waals surface area contributed by atoms with Crippen molar-refractivity contribution < 1.29 is 9.50 Å². The van der Waals surface area contributed by atoms with Crippen LogP contribution in [0.5, 0.6) is 0 Å². The van der Waals surface area contributed by atoms with Crippen molar-refractivity contribution in [3.05, 3.63) is 34.1 Å². The van der Waals surface area contributed by atoms with Gasteiger partial charge in [-0.15, -0.1) is 0 Å². The second kappa shape index (κ2) is 4.58. The smallest absolute Gasteiger partial charge is 0.124 e. The molecule has 3 unspecified atom stereocenters. The lowest BCUT2D eigenvalue weighted by Gasteiger charge is -2.39. The first-order valence-electron chi connectivity index (χ1n) is 6.45. The first-order chi connectivity index (χ1) is 8.55. The van der Waals surface area contributed by atoms with E-state index in [9.17, 15) is 9.50 Å². The van der Waals surface area contributed by atoms with Gasteiger partial charge in [0.25, 0.3) is 0 Å². The molecule has 2 bridgehead atoms. The van der Waals surface area contributed by atoms with Gasteiger partial charge in [0, 0.05) is 29.9 Å². The molecule has 2 nitrogen and oxygen atoms in total. The van der Waals surface area contributed by atoms with E-state index >= 15 is 0 Å². The molecule has 2 saturated heterocycles. The predicted octanol–water partition coefficient (Wildman–Crippen LogP) is 2.59. The van der Waals surface area contributed by atoms with Crippen LogP contribution < -0.4 is 0 Å². The summed E-state index contributed by atoms with van der Waals surface area (Å²) >= 11 is 3.31. The lowest BCUT2D eigenvalue weighted by molar-refractivity contribution is -0.0439. The van der Waals surface area contributed by atoms with Crippen LogP contribution in [-0.2, 0) is 6.42 Å². The van der Waals surface area contributed by atoms with Gasteiger partial charge in [-0.3, -0.25) is 0 Å². The molecule has 3 atom stereocenters. The maximum Gasteiger partial charge on any atom is 0.124 e. The molecule has 1 aromatic carbocycles. The second-order valence-electron chi connectivity index (χ2n) is 5.59. The third kappa shape index (κ3) is 2.33. The molecule has 0 amide bonds. The Morgan fingerprint density at radius 1 is 1.39 bits per heavy atom. The van der Waals surface area contributed by atoms with E-state index in [0.29, 0.717) is 12.3 Å². The lowest BCUT2D eigenvalue weighted by Crippen LogP contribution is -2.47. The Hall–Kier alpha value is -0.450. The molecule has 3 rings (SSSR count). The molecule has 2 aliphatic heterocycles. The Morgan fingerprint density at radius 3 is 3.00 bits per heavy atom. The van der Waals surface area contributed by atoms with Gasteiger partial charge < -0.3 is 10.0 Å². The van der Waals surface area contributed by atoms with Gasteiger partial charge in [-0.25, -0.2) is 4.39 Å². The summed E-state index contributed by atoms with van der Waals surface area (Å²) in [5, 5.41) is 10.8. The highest BCUT2D eigenvalue weighted by molar-refractivity contribution is 9.10. The lowest BCUT2D eigenvalue weighted by atomic mass is 9.78. The Kier molecular flexibility index (Phi) is 3.20. The average molecular weight is 314 g/mol. The van der Waals surface area contributed by atoms with Gasteiger partial charge in [0.1, 0.15) is 5.82 Å². The quantitative estimate of drug-likeness (QED) is 0.907. The summed E-state index contributed by atoms with van der Waals surface area (Å²) in [5.74, 6) is 0.0973. The minimum Gasteiger partial charge on any atom is -0.389 e. The number of piperidine rings is 1. The molecule has 4 heteroatoms. The van der Waals surface area contributed by atoms with Crippen LogP contribution in [0.4, 0.5) is 4.39 Å². The molecule has 0 aliphatic carbocycles. The zero-order valence-electron chi connectivity index (χ0n) is 10.2. The fourth-order valence-electron chi connectivity index (χ4n) is 3.33. The van der Waals surface area contributed by atoms with Crippen molar-refractivity contribution >= 4 is 15.9 Å². The summed E-state index contributed by atoms with van der Waals surface area (Å²) in [6.45, 7) is 3.05. The van der Waals surface area contributed by atoms with Crippen molar-refractivity contribution in [2.24, 2.45) is 5.92 Å². The first-order valence-corrected chi connectivity index (χ1v) is 7.24. The monoisotopic (exact) mass is 313 g/mol. The minimum absolute atomic E-state index is 0.244. The number of benzene rings is 1. The number of aliphatic hydroxyl groups is 1. The normalized spacial score (nSPS) is 34.8. The number of hydrogen-bond acceptors (Lipinski definition) is 2. The summed E-state index contributed by atoms with van der Waals surface area (Å²) in [7, 11) is 0. The summed E-state index contributed by atoms with van der Waals surface area (Å²) < 4.78 is 14.1. The minimum atomic E-state index is -0.653. The number of hydrogen-bond donors (Lipinski definition) is 1. The van der Waals surface area contributed by atoms with E-state index in [4.69, 9.17) is 0 Å². The third-order valence-corrected chi connectivity index (χ3v) is 4.78. The van der Waals surface area contributed by atoms with Crippen molar-refractivity contribution in [1.82, 2.24) is 4.90 Å². The topological polar surface area (TPSA) is 23.5 Å². The Morgan fingerprint density at radius 2 is 2.22 bits per heavy atom. The zero-order chi connectivity index (χ0) is 12.8. The van der Waals surface area contributed by atoms with Crippen LogP contribution in [0.15, 0.2) is 22.7 Å². The number of halogens is 2. The van der Waals surface area contributed by atoms with Gasteiger partial charge >= 0.3 is 0 Å². The summed E-state index contributed by atoms with van der Waals surface area (Å²) in [6.07, 6.45) is 2.42. The second-order valence-corrected chi connectivity index (χ2v) is 6.51. The van der Waals surface area contributed by atoms with Gasteiger partial charge in [0.05, 0.1) is 5.60 Å². The van der Waals surface area contributed by atoms with Crippen LogP contribution in [0.3, 0.4) is 0 Å². The summed E-state index contributed by atoms with van der Waals surface area (Å²) in [5.41, 5.74) is 0.227. The maximum atomic E-state index is 13.4. The van der Waals surface area contributed by atoms with E-state index in [2.05, 4.69) is 20.8 Å². The molecule has 18 heavy (non-hydrogen) atoms. The SMILES string of the molecule is OC1(Cc2cc(F)cc(Br)c2)CCN2CCC1C2. The Balaban J connectivity index is 1.82. The van der Waals surface area contributed by atoms with Crippen LogP contribution in [0.1, 0.15) is 18.4 Å². The van der Waals surface area contributed by atoms with E-state index in [1.54, 1.807) is 0 Å². The number of nitrogens with zero attached hydrogens (tertiary/aromatic N) is 1. The third-order valence-electron chi connectivity index (χ3n) is 4.33. The molecule has 1 N–H and O–H groups in total. The Labute approximate surface area is 115 Å². The summed E-state index contributed by atoms with van der Waals surface area (Å²) in [4.78, 5) is 2.40. The van der Waals surface area contributed by atoms with Crippen LogP contribution in [0.25, 0.3) is 0 Å². The predicted molar refractivity (Wildman–Crippen MR) is 71.9 cm³/mol. The van der Waals surface area contributed by atoms with Crippen molar-refractivity contribution in [1.29, 1.82) is 0 Å². The van der Waals surface area contributed by atoms with E-state index < -0.39 is 5.60 Å². The largest absolute Gasteiger partial charge is 0.389 e. The molecule has 2 fully saturated rings. The molecular formula is C14H17BrFNO. The van der Waals surface area contributed by atoms with Gasteiger partial charge in [-0.2, -0.15) is 0 Å². The van der Waals surface area contributed by atoms with Crippen LogP contribution in [0, 0.1) is 11.7 Å². The molecule has 0 saturated carbocycles. The number of fused-ring (bicyclic) bond motifs is 2. The fourth-order valence-corrected chi connectivity index (χ4v) is 3.84. The van der Waals surface area contributed by atoms with Crippen LogP contribution >= 0.6 is 15.9 Å². The van der Waals surface area contributed by atoms with Crippen molar-refractivity contribution in [3.8, 4) is 0 Å². The highest BCUT2D eigenvalue weighted by atomic mass is 79.9. The van der Waals surface area contributed by atoms with Crippen LogP contribution in [-0.4, -0.2) is 35.2 Å². The first kappa shape index (κ1) is 12.6. The van der Waals surface area contributed by atoms with Gasteiger partial charge in [-0.1, -0.05) is 15.9 Å². The molecule has 0 radical (unpaired) electrons. The highest BCUT2D eigenvalue weighted by Gasteiger charge is 2.44. The van der Waals surface area contributed by atoms with Crippen LogP contribution in [0.2, 0.25) is 0 Å².